The maximum absolute atomic E-state index is 14.5. The second-order valence-electron chi connectivity index (χ2n) is 23.2. The molecule has 0 fully saturated rings. The third kappa shape index (κ3) is 22.0. The first-order chi connectivity index (χ1) is 43.3. The quantitative estimate of drug-likeness (QED) is 0.0268. The van der Waals surface area contributed by atoms with Gasteiger partial charge in [-0.05, 0) is 65.5 Å². The molecule has 0 spiro atoms. The van der Waals surface area contributed by atoms with E-state index in [0.717, 1.165) is 21.8 Å². The van der Waals surface area contributed by atoms with Gasteiger partial charge in [0.05, 0.1) is 12.8 Å². The van der Waals surface area contributed by atoms with Gasteiger partial charge >= 0.3 is 11.9 Å². The molecule has 8 atom stereocenters. The van der Waals surface area contributed by atoms with Crippen LogP contribution >= 0.6 is 0 Å². The number of para-hydroxylation sites is 2. The largest absolute Gasteiger partial charge is 0.481 e. The number of primary amides is 2. The molecule has 0 aliphatic rings. The smallest absolute Gasteiger partial charge is 0.305 e. The summed E-state index contributed by atoms with van der Waals surface area (Å²) in [5.74, 6) is -12.1. The van der Waals surface area contributed by atoms with E-state index in [0.29, 0.717) is 22.3 Å². The van der Waals surface area contributed by atoms with Gasteiger partial charge in [-0.15, -0.1) is 0 Å². The van der Waals surface area contributed by atoms with E-state index in [1.54, 1.807) is 125 Å². The Hall–Kier alpha value is -10.4. The summed E-state index contributed by atoms with van der Waals surface area (Å²) in [5.41, 5.74) is 15.2. The van der Waals surface area contributed by atoms with Gasteiger partial charge in [0.1, 0.15) is 48.3 Å². The highest BCUT2D eigenvalue weighted by molar-refractivity contribution is 5.99. The zero-order valence-corrected chi connectivity index (χ0v) is 51.0. The number of benzene rings is 4. The minimum absolute atomic E-state index is 0.00735. The number of H-pyrrole nitrogens is 2. The van der Waals surface area contributed by atoms with Crippen LogP contribution in [0.2, 0.25) is 0 Å². The van der Waals surface area contributed by atoms with Crippen molar-refractivity contribution in [3.8, 4) is 0 Å². The number of fused-ring (bicyclic) bond motifs is 2. The third-order valence-electron chi connectivity index (χ3n) is 14.9. The van der Waals surface area contributed by atoms with Crippen LogP contribution in [-0.4, -0.2) is 140 Å². The Morgan fingerprint density at radius 1 is 0.385 bits per heavy atom. The Labute approximate surface area is 524 Å². The highest BCUT2D eigenvalue weighted by atomic mass is 16.4. The van der Waals surface area contributed by atoms with Gasteiger partial charge in [-0.25, -0.2) is 0 Å². The Kier molecular flexibility index (Phi) is 25.9. The van der Waals surface area contributed by atoms with Crippen molar-refractivity contribution in [2.24, 2.45) is 23.3 Å². The monoisotopic (exact) mass is 1250 g/mol. The first-order valence-corrected chi connectivity index (χ1v) is 29.9. The number of aliphatic carboxylic acids is 2. The van der Waals surface area contributed by atoms with E-state index < -0.39 is 132 Å². The molecule has 0 aliphatic carbocycles. The molecule has 0 bridgehead atoms. The first-order valence-electron chi connectivity index (χ1n) is 29.9. The molecule has 0 saturated carbocycles. The predicted molar refractivity (Wildman–Crippen MR) is 335 cm³/mol. The fraction of sp³-hybridized carbons (Fsp3) is 0.385. The van der Waals surface area contributed by atoms with Gasteiger partial charge in [0.2, 0.25) is 59.1 Å². The molecule has 484 valence electrons. The summed E-state index contributed by atoms with van der Waals surface area (Å²) in [5, 5.41) is 41.7. The molecule has 91 heavy (non-hydrogen) atoms. The number of nitrogens with one attached hydrogen (secondary N) is 10. The van der Waals surface area contributed by atoms with Crippen LogP contribution in [0.3, 0.4) is 0 Å². The molecule has 0 aliphatic heterocycles. The van der Waals surface area contributed by atoms with Crippen LogP contribution in [0.25, 0.3) is 21.8 Å². The average molecular weight is 1250 g/mol. The maximum Gasteiger partial charge on any atom is 0.305 e. The van der Waals surface area contributed by atoms with Crippen molar-refractivity contribution in [3.63, 3.8) is 0 Å². The van der Waals surface area contributed by atoms with E-state index in [9.17, 15) is 67.7 Å². The number of hydrogen-bond acceptors (Lipinski definition) is 12. The average Bonchev–Trinajstić information content (AvgIpc) is 2.44. The molecule has 16 N–H and O–H groups in total. The lowest BCUT2D eigenvalue weighted by molar-refractivity contribution is -0.142. The Morgan fingerprint density at radius 3 is 1.03 bits per heavy atom. The van der Waals surface area contributed by atoms with Crippen LogP contribution in [-0.2, 0) is 83.2 Å². The van der Waals surface area contributed by atoms with Crippen molar-refractivity contribution >= 4 is 92.8 Å². The summed E-state index contributed by atoms with van der Waals surface area (Å²) in [6.07, 6.45) is 0.503. The molecular formula is C65H80N12O14. The summed E-state index contributed by atoms with van der Waals surface area (Å²) in [4.78, 5) is 168. The molecule has 26 nitrogen and oxygen atoms in total. The fourth-order valence-electron chi connectivity index (χ4n) is 10.4. The highest BCUT2D eigenvalue weighted by Crippen LogP contribution is 2.22. The van der Waals surface area contributed by atoms with E-state index in [1.165, 1.54) is 0 Å². The minimum atomic E-state index is -1.72. The topological polar surface area (TPSA) is 425 Å². The van der Waals surface area contributed by atoms with Crippen molar-refractivity contribution in [2.75, 3.05) is 0 Å². The van der Waals surface area contributed by atoms with Crippen molar-refractivity contribution in [1.82, 2.24) is 52.5 Å². The molecule has 2 heterocycles. The number of aromatic amines is 2. The van der Waals surface area contributed by atoms with Crippen molar-refractivity contribution < 1.29 is 67.7 Å². The lowest BCUT2D eigenvalue weighted by Crippen LogP contribution is -2.59. The number of rotatable bonds is 36. The molecule has 2 aromatic heterocycles. The molecular weight excluding hydrogens is 1170 g/mol. The lowest BCUT2D eigenvalue weighted by Gasteiger charge is -2.27. The molecule has 4 aromatic carbocycles. The van der Waals surface area contributed by atoms with Gasteiger partial charge in [0, 0.05) is 72.7 Å². The first kappa shape index (κ1) is 69.7. The maximum atomic E-state index is 14.5. The zero-order valence-electron chi connectivity index (χ0n) is 51.0. The number of carboxylic acids is 2. The Bertz CT molecular complexity index is 3320. The molecule has 8 unspecified atom stereocenters. The Morgan fingerprint density at radius 2 is 0.692 bits per heavy atom. The van der Waals surface area contributed by atoms with Gasteiger partial charge in [0.25, 0.3) is 0 Å². The van der Waals surface area contributed by atoms with E-state index >= 15 is 0 Å². The van der Waals surface area contributed by atoms with Gasteiger partial charge in [-0.1, -0.05) is 125 Å². The number of carbonyl (C=O) groups is 12. The van der Waals surface area contributed by atoms with Crippen molar-refractivity contribution in [1.29, 1.82) is 0 Å². The van der Waals surface area contributed by atoms with Crippen LogP contribution in [0.4, 0.5) is 0 Å². The molecule has 0 radical (unpaired) electrons. The normalized spacial score (nSPS) is 13.9. The Balaban J connectivity index is 1.16. The SMILES string of the molecule is CC(C)CC(NC(=O)C(Cc1c[nH]c2ccccc12)NC(=O)CCCC(=O)NC(Cc1c[nH]c2ccccc12)C(=O)NC(CC(C)C)C(=O)NC(CC(=O)O)C(=O)NC(Cc1ccccc1)C(N)=O)C(=O)NC(CC(=O)O)C(=O)NC(Cc1ccccc1)C(N)=O. The van der Waals surface area contributed by atoms with Crippen LogP contribution in [0.1, 0.15) is 94.9 Å². The van der Waals surface area contributed by atoms with E-state index in [2.05, 4.69) is 52.5 Å². The zero-order chi connectivity index (χ0) is 66.3. The lowest BCUT2D eigenvalue weighted by atomic mass is 10.00. The van der Waals surface area contributed by atoms with E-state index in [-0.39, 0.29) is 69.6 Å². The number of aromatic nitrogens is 2. The van der Waals surface area contributed by atoms with Crippen LogP contribution in [0, 0.1) is 11.8 Å². The summed E-state index contributed by atoms with van der Waals surface area (Å²) in [6, 6.07) is 20.2. The molecule has 10 amide bonds. The number of carboxylic acid groups (broad SMARTS) is 2. The van der Waals surface area contributed by atoms with E-state index in [1.807, 2.05) is 24.3 Å². The number of nitrogens with two attached hydrogens (primary N) is 2. The predicted octanol–water partition coefficient (Wildman–Crippen LogP) is 1.98. The van der Waals surface area contributed by atoms with Crippen LogP contribution in [0.5, 0.6) is 0 Å². The molecule has 26 heteroatoms. The molecule has 6 rings (SSSR count). The van der Waals surface area contributed by atoms with Gasteiger partial charge < -0.3 is 74.2 Å². The summed E-state index contributed by atoms with van der Waals surface area (Å²) < 4.78 is 0. The standard InChI is InChI=1S/C65H80N12O14/c1-36(2)26-48(60(86)76-52(32-56(80)81)64(90)72-46(58(66)84)28-38-16-7-5-8-17-38)74-62(88)50(30-40-34-68-44-22-13-11-20-42(40)44)70-54(78)24-15-25-55(79)71-51(31-41-35-69-45-23-14-12-21-43(41)45)63(89)75-49(27-37(3)4)61(87)77-53(33-57(82)83)65(91)73-47(59(67)85)29-39-18-9-6-10-19-39/h5-14,16-23,34-37,46-53,68-69H,15,24-33H2,1-4H3,(H2,66,84)(H2,67,85)(H,70,78)(H,71,79)(H,72,90)(H,73,91)(H,74,88)(H,75,89)(H,76,86)(H,77,87)(H,80,81)(H,82,83). The van der Waals surface area contributed by atoms with E-state index in [4.69, 9.17) is 11.5 Å². The minimum Gasteiger partial charge on any atom is -0.481 e. The van der Waals surface area contributed by atoms with Crippen LogP contribution in [0.15, 0.2) is 122 Å². The number of hydrogen-bond donors (Lipinski definition) is 14. The second kappa shape index (κ2) is 33.8. The number of amides is 10. The molecule has 6 aromatic rings. The molecule has 0 saturated heterocycles. The summed E-state index contributed by atoms with van der Waals surface area (Å²) in [6.45, 7) is 7.05. The van der Waals surface area contributed by atoms with Gasteiger partial charge in [0.15, 0.2) is 0 Å². The van der Waals surface area contributed by atoms with Gasteiger partial charge in [-0.2, -0.15) is 0 Å². The van der Waals surface area contributed by atoms with Crippen LogP contribution < -0.4 is 54.0 Å². The third-order valence-corrected chi connectivity index (χ3v) is 14.9. The van der Waals surface area contributed by atoms with Crippen molar-refractivity contribution in [3.05, 3.63) is 144 Å². The highest BCUT2D eigenvalue weighted by Gasteiger charge is 2.36. The number of carbonyl (C=O) groups excluding carboxylic acids is 10. The van der Waals surface area contributed by atoms with Gasteiger partial charge in [-0.3, -0.25) is 57.5 Å². The summed E-state index contributed by atoms with van der Waals surface area (Å²) in [7, 11) is 0. The second-order valence-corrected chi connectivity index (χ2v) is 23.2. The summed E-state index contributed by atoms with van der Waals surface area (Å²) >= 11 is 0. The fourth-order valence-corrected chi connectivity index (χ4v) is 10.4. The van der Waals surface area contributed by atoms with Crippen molar-refractivity contribution in [2.45, 2.75) is 147 Å².